The van der Waals surface area contributed by atoms with Crippen LogP contribution in [-0.2, 0) is 0 Å². The Hall–Kier alpha value is -1.65. The zero-order valence-corrected chi connectivity index (χ0v) is 10.9. The molecule has 0 saturated carbocycles. The van der Waals surface area contributed by atoms with Gasteiger partial charge in [0.05, 0.1) is 0 Å². The highest BCUT2D eigenvalue weighted by atomic mass is 35.5. The largest absolute Gasteiger partial charge is 0.347 e. The van der Waals surface area contributed by atoms with Crippen molar-refractivity contribution in [2.24, 2.45) is 0 Å². The average Bonchev–Trinajstić information content (AvgIpc) is 2.35. The van der Waals surface area contributed by atoms with Gasteiger partial charge < -0.3 is 5.32 Å². The molecule has 94 valence electrons. The minimum atomic E-state index is -0.387. The van der Waals surface area contributed by atoms with Gasteiger partial charge >= 0.3 is 0 Å². The molecule has 4 nitrogen and oxygen atoms in total. The number of rotatable bonds is 5. The average molecular weight is 284 g/mol. The standard InChI is InChI=1S/C12H11Cl2N3O/c1-2-4-9(13)5-3-6-17-12(18)10-11(14)16-8-7-15-10/h2-5,7-8H,1,6H2,(H,17,18)/b5-3-,9-4+. The van der Waals surface area contributed by atoms with Crippen LogP contribution in [0, 0.1) is 0 Å². The number of carbonyl (C=O) groups excluding carboxylic acids is 1. The summed E-state index contributed by atoms with van der Waals surface area (Å²) >= 11 is 11.5. The van der Waals surface area contributed by atoms with E-state index in [4.69, 9.17) is 23.2 Å². The van der Waals surface area contributed by atoms with Gasteiger partial charge in [0.2, 0.25) is 0 Å². The van der Waals surface area contributed by atoms with E-state index in [0.717, 1.165) is 0 Å². The molecule has 1 rings (SSSR count). The second-order valence-electron chi connectivity index (χ2n) is 3.10. The maximum absolute atomic E-state index is 11.6. The summed E-state index contributed by atoms with van der Waals surface area (Å²) in [5.41, 5.74) is 0.0975. The Morgan fingerprint density at radius 3 is 2.83 bits per heavy atom. The first-order valence-electron chi connectivity index (χ1n) is 5.04. The Bertz CT molecular complexity index is 498. The van der Waals surface area contributed by atoms with Crippen molar-refractivity contribution >= 4 is 29.1 Å². The van der Waals surface area contributed by atoms with Crippen molar-refractivity contribution in [2.75, 3.05) is 6.54 Å². The quantitative estimate of drug-likeness (QED) is 0.846. The number of hydrogen-bond acceptors (Lipinski definition) is 3. The minimum Gasteiger partial charge on any atom is -0.347 e. The first-order valence-corrected chi connectivity index (χ1v) is 5.80. The zero-order chi connectivity index (χ0) is 13.4. The second-order valence-corrected chi connectivity index (χ2v) is 3.89. The van der Waals surface area contributed by atoms with Gasteiger partial charge in [-0.1, -0.05) is 41.9 Å². The maximum atomic E-state index is 11.6. The fourth-order valence-electron chi connectivity index (χ4n) is 1.05. The summed E-state index contributed by atoms with van der Waals surface area (Å²) < 4.78 is 0. The van der Waals surface area contributed by atoms with Crippen molar-refractivity contribution in [1.29, 1.82) is 0 Å². The Balaban J connectivity index is 2.50. The lowest BCUT2D eigenvalue weighted by atomic mass is 10.4. The Morgan fingerprint density at radius 2 is 2.17 bits per heavy atom. The van der Waals surface area contributed by atoms with Crippen molar-refractivity contribution < 1.29 is 4.79 Å². The molecule has 0 spiro atoms. The molecule has 18 heavy (non-hydrogen) atoms. The SMILES string of the molecule is C=C/C=C(Cl)\C=C/CNC(=O)c1nccnc1Cl. The van der Waals surface area contributed by atoms with Gasteiger partial charge in [-0.25, -0.2) is 9.97 Å². The lowest BCUT2D eigenvalue weighted by molar-refractivity contribution is 0.0953. The summed E-state index contributed by atoms with van der Waals surface area (Å²) in [5, 5.41) is 3.21. The molecule has 0 atom stereocenters. The van der Waals surface area contributed by atoms with Crippen LogP contribution in [0.3, 0.4) is 0 Å². The van der Waals surface area contributed by atoms with Gasteiger partial charge in [0, 0.05) is 24.0 Å². The fraction of sp³-hybridized carbons (Fsp3) is 0.0833. The summed E-state index contributed by atoms with van der Waals surface area (Å²) in [6, 6.07) is 0. The van der Waals surface area contributed by atoms with Crippen molar-refractivity contribution in [2.45, 2.75) is 0 Å². The number of aromatic nitrogens is 2. The van der Waals surface area contributed by atoms with Crippen LogP contribution < -0.4 is 5.32 Å². The number of amides is 1. The number of hydrogen-bond donors (Lipinski definition) is 1. The smallest absolute Gasteiger partial charge is 0.273 e. The highest BCUT2D eigenvalue weighted by Crippen LogP contribution is 2.07. The monoisotopic (exact) mass is 283 g/mol. The number of carbonyl (C=O) groups is 1. The molecule has 0 unspecified atom stereocenters. The Morgan fingerprint density at radius 1 is 1.44 bits per heavy atom. The molecule has 6 heteroatoms. The predicted octanol–water partition coefficient (Wildman–Crippen LogP) is 2.72. The van der Waals surface area contributed by atoms with Gasteiger partial charge in [0.1, 0.15) is 0 Å². The van der Waals surface area contributed by atoms with Gasteiger partial charge in [-0.15, -0.1) is 0 Å². The number of nitrogens with one attached hydrogen (secondary N) is 1. The third-order valence-electron chi connectivity index (χ3n) is 1.80. The first-order chi connectivity index (χ1) is 8.65. The third kappa shape index (κ3) is 4.69. The molecular weight excluding hydrogens is 273 g/mol. The van der Waals surface area contributed by atoms with Gasteiger partial charge in [0.15, 0.2) is 10.8 Å². The summed E-state index contributed by atoms with van der Waals surface area (Å²) in [6.45, 7) is 3.82. The third-order valence-corrected chi connectivity index (χ3v) is 2.33. The van der Waals surface area contributed by atoms with Crippen LogP contribution >= 0.6 is 23.2 Å². The topological polar surface area (TPSA) is 54.9 Å². The van der Waals surface area contributed by atoms with E-state index in [1.54, 1.807) is 24.3 Å². The van der Waals surface area contributed by atoms with E-state index < -0.39 is 0 Å². The maximum Gasteiger partial charge on any atom is 0.273 e. The van der Waals surface area contributed by atoms with E-state index >= 15 is 0 Å². The van der Waals surface area contributed by atoms with E-state index in [1.807, 2.05) is 0 Å². The molecule has 1 aromatic heterocycles. The van der Waals surface area contributed by atoms with Crippen LogP contribution in [0.25, 0.3) is 0 Å². The highest BCUT2D eigenvalue weighted by Gasteiger charge is 2.10. The summed E-state index contributed by atoms with van der Waals surface area (Å²) in [7, 11) is 0. The van der Waals surface area contributed by atoms with E-state index in [0.29, 0.717) is 11.6 Å². The van der Waals surface area contributed by atoms with Crippen molar-refractivity contribution in [3.05, 3.63) is 59.2 Å². The van der Waals surface area contributed by atoms with Gasteiger partial charge in [0.25, 0.3) is 5.91 Å². The lowest BCUT2D eigenvalue weighted by Gasteiger charge is -2.01. The van der Waals surface area contributed by atoms with E-state index in [9.17, 15) is 4.79 Å². The zero-order valence-electron chi connectivity index (χ0n) is 9.44. The molecule has 0 aliphatic heterocycles. The van der Waals surface area contributed by atoms with Crippen LogP contribution in [0.4, 0.5) is 0 Å². The summed E-state index contributed by atoms with van der Waals surface area (Å²) in [4.78, 5) is 19.2. The van der Waals surface area contributed by atoms with Crippen molar-refractivity contribution in [1.82, 2.24) is 15.3 Å². The summed E-state index contributed by atoms with van der Waals surface area (Å²) in [6.07, 6.45) is 9.38. The van der Waals surface area contributed by atoms with Crippen molar-refractivity contribution in [3.8, 4) is 0 Å². The van der Waals surface area contributed by atoms with Crippen LogP contribution in [-0.4, -0.2) is 22.4 Å². The molecule has 0 aliphatic carbocycles. The molecular formula is C12H11Cl2N3O. The van der Waals surface area contributed by atoms with Crippen LogP contribution in [0.1, 0.15) is 10.5 Å². The molecule has 0 fully saturated rings. The van der Waals surface area contributed by atoms with Crippen LogP contribution in [0.2, 0.25) is 5.15 Å². The molecule has 0 bridgehead atoms. The van der Waals surface area contributed by atoms with E-state index in [1.165, 1.54) is 12.4 Å². The number of allylic oxidation sites excluding steroid dienone is 4. The molecule has 0 aromatic carbocycles. The fourth-order valence-corrected chi connectivity index (χ4v) is 1.42. The number of nitrogens with zero attached hydrogens (tertiary/aromatic N) is 2. The van der Waals surface area contributed by atoms with Gasteiger partial charge in [-0.05, 0) is 12.2 Å². The molecule has 1 amide bonds. The first kappa shape index (κ1) is 14.4. The second kappa shape index (κ2) is 7.63. The van der Waals surface area contributed by atoms with Gasteiger partial charge in [-0.3, -0.25) is 4.79 Å². The molecule has 0 saturated heterocycles. The Labute approximate surface area is 115 Å². The molecule has 1 N–H and O–H groups in total. The van der Waals surface area contributed by atoms with Gasteiger partial charge in [-0.2, -0.15) is 0 Å². The van der Waals surface area contributed by atoms with Crippen LogP contribution in [0.5, 0.6) is 0 Å². The number of halogens is 2. The summed E-state index contributed by atoms with van der Waals surface area (Å²) in [5.74, 6) is -0.387. The highest BCUT2D eigenvalue weighted by molar-refractivity contribution is 6.32. The molecule has 1 heterocycles. The van der Waals surface area contributed by atoms with E-state index in [-0.39, 0.29) is 16.8 Å². The van der Waals surface area contributed by atoms with E-state index in [2.05, 4.69) is 21.9 Å². The lowest BCUT2D eigenvalue weighted by Crippen LogP contribution is -2.24. The predicted molar refractivity (Wildman–Crippen MR) is 72.6 cm³/mol. The molecule has 1 aromatic rings. The molecule has 0 aliphatic rings. The normalized spacial score (nSPS) is 11.6. The van der Waals surface area contributed by atoms with Crippen LogP contribution in [0.15, 0.2) is 48.3 Å². The molecule has 0 radical (unpaired) electrons. The Kier molecular flexibility index (Phi) is 6.11. The minimum absolute atomic E-state index is 0.0727. The van der Waals surface area contributed by atoms with Crippen molar-refractivity contribution in [3.63, 3.8) is 0 Å².